The van der Waals surface area contributed by atoms with Gasteiger partial charge in [0, 0.05) is 29.7 Å². The normalized spacial score (nSPS) is 15.6. The standard InChI is InChI=1S/C31H47NO4.C31H45NO3/c1-8-31(9-2,24-12-10-23(21(3)18-24)11-16-28(33)30(5,6)7)25-13-15-27(22(4)19-25)36-20-26(32)14-17-29(34)35;1-8-31(9-2,24-12-10-23(21(3)18-24)11-16-28(33)30(5,6)7)25-13-15-27(22(4)19-25)35-20-26-14-17-29(34)32-26/h10,12-13,15,18-19,26,28,33H,8-9,11,14,16-17,20,32H2,1-7H3,(H,34,35);10,12-13,15,18-19,26,28,33H,8-9,11,14,16-17,20H2,1-7H3,(H,32,34)/t2*26-,28?/m11/s1. The third-order valence-corrected chi connectivity index (χ3v) is 15.7. The van der Waals surface area contributed by atoms with E-state index in [1.807, 2.05) is 13.0 Å². The Bertz CT molecular complexity index is 2350. The summed E-state index contributed by atoms with van der Waals surface area (Å²) in [6.45, 7) is 30.9. The predicted octanol–water partition coefficient (Wildman–Crippen LogP) is 12.7. The molecule has 1 aliphatic rings. The summed E-state index contributed by atoms with van der Waals surface area (Å²) in [7, 11) is 0. The summed E-state index contributed by atoms with van der Waals surface area (Å²) in [5.74, 6) is 0.953. The maximum atomic E-state index is 11.5. The summed E-state index contributed by atoms with van der Waals surface area (Å²) in [5.41, 5.74) is 18.3. The fourth-order valence-electron chi connectivity index (χ4n) is 10.3. The van der Waals surface area contributed by atoms with Crippen LogP contribution in [-0.2, 0) is 33.3 Å². The van der Waals surface area contributed by atoms with Crippen LogP contribution in [0.15, 0.2) is 72.8 Å². The number of benzene rings is 4. The fraction of sp³-hybridized carbons (Fsp3) is 0.581. The maximum Gasteiger partial charge on any atom is 0.303 e. The van der Waals surface area contributed by atoms with Crippen LogP contribution < -0.4 is 20.5 Å². The highest BCUT2D eigenvalue weighted by Gasteiger charge is 2.34. The number of aryl methyl sites for hydroxylation is 6. The van der Waals surface area contributed by atoms with E-state index in [-0.39, 0.29) is 58.3 Å². The van der Waals surface area contributed by atoms with Gasteiger partial charge in [0.1, 0.15) is 24.7 Å². The second-order valence-corrected chi connectivity index (χ2v) is 22.8. The molecule has 9 nitrogen and oxygen atoms in total. The Labute approximate surface area is 428 Å². The zero-order valence-corrected chi connectivity index (χ0v) is 46.2. The van der Waals surface area contributed by atoms with Gasteiger partial charge >= 0.3 is 5.97 Å². The number of ether oxygens (including phenoxy) is 2. The number of rotatable bonds is 23. The first-order valence-corrected chi connectivity index (χ1v) is 26.6. The highest BCUT2D eigenvalue weighted by atomic mass is 16.5. The van der Waals surface area contributed by atoms with Gasteiger partial charge in [0.15, 0.2) is 0 Å². The Morgan fingerprint density at radius 2 is 1.03 bits per heavy atom. The van der Waals surface area contributed by atoms with Gasteiger partial charge in [-0.25, -0.2) is 0 Å². The number of nitrogens with two attached hydrogens (primary N) is 1. The molecular formula is C62H92N2O7. The minimum absolute atomic E-state index is 0.0490. The van der Waals surface area contributed by atoms with Crippen molar-refractivity contribution in [3.63, 3.8) is 0 Å². The lowest BCUT2D eigenvalue weighted by atomic mass is 9.69. The maximum absolute atomic E-state index is 11.5. The number of carbonyl (C=O) groups is 2. The van der Waals surface area contributed by atoms with E-state index in [2.05, 4.69) is 162 Å². The number of nitrogens with one attached hydrogen (secondary N) is 1. The summed E-state index contributed by atoms with van der Waals surface area (Å²) in [6, 6.07) is 26.5. The van der Waals surface area contributed by atoms with Crippen molar-refractivity contribution in [1.29, 1.82) is 0 Å². The van der Waals surface area contributed by atoms with Crippen molar-refractivity contribution in [3.05, 3.63) is 128 Å². The Kier molecular flexibility index (Phi) is 21.4. The van der Waals surface area contributed by atoms with Crippen LogP contribution in [0.25, 0.3) is 0 Å². The smallest absolute Gasteiger partial charge is 0.303 e. The lowest BCUT2D eigenvalue weighted by molar-refractivity contribution is -0.137. The molecule has 1 aliphatic heterocycles. The molecule has 0 aromatic heterocycles. The number of aliphatic carboxylic acids is 1. The lowest BCUT2D eigenvalue weighted by Gasteiger charge is -2.34. The minimum atomic E-state index is -0.841. The van der Waals surface area contributed by atoms with Crippen LogP contribution in [0.4, 0.5) is 0 Å². The van der Waals surface area contributed by atoms with Crippen LogP contribution in [0.3, 0.4) is 0 Å². The predicted molar refractivity (Wildman–Crippen MR) is 292 cm³/mol. The molecular weight excluding hydrogens is 885 g/mol. The number of amides is 1. The molecule has 5 rings (SSSR count). The fourth-order valence-corrected chi connectivity index (χ4v) is 10.3. The van der Waals surface area contributed by atoms with Crippen LogP contribution in [0.5, 0.6) is 11.5 Å². The van der Waals surface area contributed by atoms with Gasteiger partial charge in [-0.05, 0) is 171 Å². The van der Waals surface area contributed by atoms with E-state index in [0.717, 1.165) is 80.4 Å². The van der Waals surface area contributed by atoms with Crippen molar-refractivity contribution in [2.75, 3.05) is 13.2 Å². The van der Waals surface area contributed by atoms with Crippen LogP contribution in [0.1, 0.15) is 189 Å². The first-order chi connectivity index (χ1) is 33.3. The molecule has 0 spiro atoms. The highest BCUT2D eigenvalue weighted by Crippen LogP contribution is 2.43. The van der Waals surface area contributed by atoms with Gasteiger partial charge in [-0.2, -0.15) is 0 Å². The average Bonchev–Trinajstić information content (AvgIpc) is 3.74. The Morgan fingerprint density at radius 3 is 1.37 bits per heavy atom. The molecule has 9 heteroatoms. The van der Waals surface area contributed by atoms with E-state index in [1.165, 1.54) is 44.5 Å². The second-order valence-electron chi connectivity index (χ2n) is 22.8. The molecule has 0 radical (unpaired) electrons. The molecule has 71 heavy (non-hydrogen) atoms. The highest BCUT2D eigenvalue weighted by molar-refractivity contribution is 5.78. The number of carboxylic acid groups (broad SMARTS) is 1. The molecule has 1 amide bonds. The van der Waals surface area contributed by atoms with Crippen molar-refractivity contribution >= 4 is 11.9 Å². The quantitative estimate of drug-likeness (QED) is 0.0493. The van der Waals surface area contributed by atoms with Crippen LogP contribution in [0, 0.1) is 38.5 Å². The van der Waals surface area contributed by atoms with Gasteiger partial charge in [0.05, 0.1) is 18.2 Å². The largest absolute Gasteiger partial charge is 0.492 e. The zero-order chi connectivity index (χ0) is 52.9. The van der Waals surface area contributed by atoms with E-state index in [4.69, 9.17) is 20.3 Å². The molecule has 392 valence electrons. The first kappa shape index (κ1) is 58.9. The molecule has 1 saturated heterocycles. The Hall–Kier alpha value is -4.70. The van der Waals surface area contributed by atoms with Crippen molar-refractivity contribution < 1.29 is 34.4 Å². The third-order valence-electron chi connectivity index (χ3n) is 15.7. The molecule has 4 atom stereocenters. The van der Waals surface area contributed by atoms with Gasteiger partial charge in [-0.3, -0.25) is 9.59 Å². The molecule has 0 saturated carbocycles. The summed E-state index contributed by atoms with van der Waals surface area (Å²) in [4.78, 5) is 22.2. The van der Waals surface area contributed by atoms with Gasteiger partial charge in [-0.1, -0.05) is 130 Å². The minimum Gasteiger partial charge on any atom is -0.492 e. The van der Waals surface area contributed by atoms with E-state index < -0.39 is 5.97 Å². The molecule has 6 N–H and O–H groups in total. The van der Waals surface area contributed by atoms with Crippen LogP contribution in [-0.4, -0.2) is 64.7 Å². The number of hydrogen-bond donors (Lipinski definition) is 5. The summed E-state index contributed by atoms with van der Waals surface area (Å²) >= 11 is 0. The second kappa shape index (κ2) is 25.8. The number of hydrogen-bond acceptors (Lipinski definition) is 7. The van der Waals surface area contributed by atoms with Crippen molar-refractivity contribution in [3.8, 4) is 11.5 Å². The number of aliphatic hydroxyl groups excluding tert-OH is 2. The molecule has 2 unspecified atom stereocenters. The van der Waals surface area contributed by atoms with E-state index >= 15 is 0 Å². The molecule has 4 aromatic rings. The first-order valence-electron chi connectivity index (χ1n) is 26.6. The van der Waals surface area contributed by atoms with Gasteiger partial charge in [0.2, 0.25) is 5.91 Å². The summed E-state index contributed by atoms with van der Waals surface area (Å²) < 4.78 is 12.0. The zero-order valence-electron chi connectivity index (χ0n) is 46.2. The number of carbonyl (C=O) groups excluding carboxylic acids is 1. The molecule has 0 bridgehead atoms. The monoisotopic (exact) mass is 977 g/mol. The van der Waals surface area contributed by atoms with E-state index in [1.54, 1.807) is 0 Å². The Balaban J connectivity index is 0.000000309. The lowest BCUT2D eigenvalue weighted by Crippen LogP contribution is -2.31. The van der Waals surface area contributed by atoms with Gasteiger partial charge in [-0.15, -0.1) is 0 Å². The van der Waals surface area contributed by atoms with Crippen LogP contribution >= 0.6 is 0 Å². The van der Waals surface area contributed by atoms with Crippen molar-refractivity contribution in [2.24, 2.45) is 16.6 Å². The summed E-state index contributed by atoms with van der Waals surface area (Å²) in [5, 5.41) is 32.8. The number of carboxylic acids is 1. The topological polar surface area (TPSA) is 151 Å². The van der Waals surface area contributed by atoms with Crippen LogP contribution in [0.2, 0.25) is 0 Å². The SMILES string of the molecule is CCC(CC)(c1ccc(CCC(O)C(C)(C)C)c(C)c1)c1ccc(OC[C@H](N)CCC(=O)O)c(C)c1.CCC(CC)(c1ccc(CCC(O)C(C)(C)C)c(C)c1)c1ccc(OC[C@H]2CCC(=O)N2)c(C)c1. The van der Waals surface area contributed by atoms with Crippen molar-refractivity contribution in [1.82, 2.24) is 5.32 Å². The molecule has 0 aliphatic carbocycles. The average molecular weight is 977 g/mol. The number of aliphatic hydroxyl groups is 2. The summed E-state index contributed by atoms with van der Waals surface area (Å²) in [6.07, 6.45) is 8.53. The third kappa shape index (κ3) is 15.7. The van der Waals surface area contributed by atoms with Gasteiger partial charge < -0.3 is 35.8 Å². The Morgan fingerprint density at radius 1 is 0.634 bits per heavy atom. The molecule has 4 aromatic carbocycles. The molecule has 1 fully saturated rings. The van der Waals surface area contributed by atoms with E-state index in [0.29, 0.717) is 26.1 Å². The van der Waals surface area contributed by atoms with Crippen molar-refractivity contribution in [2.45, 2.75) is 209 Å². The van der Waals surface area contributed by atoms with Gasteiger partial charge in [0.25, 0.3) is 0 Å². The van der Waals surface area contributed by atoms with E-state index in [9.17, 15) is 19.8 Å². The molecule has 1 heterocycles.